The molecular weight excluding hydrogens is 673 g/mol. The Kier molecular flexibility index (Phi) is 8.36. The minimum atomic E-state index is -3.45. The minimum Gasteiger partial charge on any atom is -0.461 e. The molecule has 0 atom stereocenters. The number of imidazole rings is 1. The molecule has 5 aromatic carbocycles. The Morgan fingerprint density at radius 3 is 1.85 bits per heavy atom. The van der Waals surface area contributed by atoms with Crippen molar-refractivity contribution in [3.63, 3.8) is 0 Å². The first-order chi connectivity index (χ1) is 28.7. The molecule has 272 valence electrons. The lowest BCUT2D eigenvalue weighted by molar-refractivity contribution is 0.0469. The van der Waals surface area contributed by atoms with Gasteiger partial charge in [-0.3, -0.25) is 0 Å². The lowest BCUT2D eigenvalue weighted by Gasteiger charge is -2.34. The van der Waals surface area contributed by atoms with Gasteiger partial charge in [0.2, 0.25) is 5.82 Å². The van der Waals surface area contributed by atoms with E-state index in [4.69, 9.17) is 23.3 Å². The number of aromatic nitrogens is 6. The van der Waals surface area contributed by atoms with E-state index in [9.17, 15) is 9.90 Å². The second kappa shape index (κ2) is 15.4. The molecule has 54 heavy (non-hydrogen) atoms. The first-order valence-electron chi connectivity index (χ1n) is 20.9. The van der Waals surface area contributed by atoms with Crippen LogP contribution in [0, 0.1) is 0 Å². The third-order valence-corrected chi connectivity index (χ3v) is 9.39. The van der Waals surface area contributed by atoms with Crippen LogP contribution in [0.3, 0.4) is 0 Å². The fraction of sp³-hybridized carbons (Fsp3) is 0.222. The second-order valence-corrected chi connectivity index (χ2v) is 12.9. The molecule has 1 N–H and O–H groups in total. The number of hydrogen-bond donors (Lipinski definition) is 1. The van der Waals surface area contributed by atoms with E-state index in [1.54, 1.807) is 11.7 Å². The highest BCUT2D eigenvalue weighted by molar-refractivity contribution is 5.89. The number of nitrogens with zero attached hydrogens (tertiary/aromatic N) is 6. The molecule has 7 rings (SSSR count). The van der Waals surface area contributed by atoms with Gasteiger partial charge in [-0.2, -0.15) is 0 Å². The average molecular weight is 723 g/mol. The van der Waals surface area contributed by atoms with Crippen LogP contribution in [0.25, 0.3) is 22.5 Å². The van der Waals surface area contributed by atoms with Crippen LogP contribution in [0.15, 0.2) is 140 Å². The van der Waals surface area contributed by atoms with Crippen molar-refractivity contribution in [1.82, 2.24) is 29.8 Å². The number of ether oxygens (including phenoxy) is 1. The SMILES string of the molecule is [2H]C([2H])([2H])C(O)(c1nc(CCC)n(Cc2ccc(-c3ccccc3-c3nnn(C(c4ccccc4)(c4ccccc4)c4ccccc4)n3)cc2)c1C(=O)OCC)C([2H])([2H])[2H]. The molecule has 0 saturated carbocycles. The molecule has 0 spiro atoms. The maximum absolute atomic E-state index is 13.5. The molecule has 0 aliphatic carbocycles. The molecule has 0 fully saturated rings. The van der Waals surface area contributed by atoms with Crippen molar-refractivity contribution in [1.29, 1.82) is 0 Å². The van der Waals surface area contributed by atoms with Gasteiger partial charge in [-0.1, -0.05) is 146 Å². The number of esters is 1. The van der Waals surface area contributed by atoms with E-state index < -0.39 is 42.2 Å². The van der Waals surface area contributed by atoms with Gasteiger partial charge in [-0.25, -0.2) is 9.78 Å². The molecule has 2 heterocycles. The van der Waals surface area contributed by atoms with E-state index in [0.717, 1.165) is 33.4 Å². The molecule has 9 heteroatoms. The summed E-state index contributed by atoms with van der Waals surface area (Å²) in [6.45, 7) is -3.54. The van der Waals surface area contributed by atoms with Crippen LogP contribution in [-0.2, 0) is 28.8 Å². The zero-order valence-corrected chi connectivity index (χ0v) is 30.1. The molecular formula is C45H44N6O3. The Hall–Kier alpha value is -6.19. The summed E-state index contributed by atoms with van der Waals surface area (Å²) in [5.41, 5.74) is 0.373. The molecule has 0 saturated heterocycles. The van der Waals surface area contributed by atoms with Gasteiger partial charge in [-0.05, 0) is 65.6 Å². The lowest BCUT2D eigenvalue weighted by atomic mass is 9.77. The van der Waals surface area contributed by atoms with Crippen LogP contribution < -0.4 is 0 Å². The number of benzene rings is 5. The zero-order valence-electron chi connectivity index (χ0n) is 36.1. The second-order valence-electron chi connectivity index (χ2n) is 12.9. The van der Waals surface area contributed by atoms with E-state index in [1.165, 1.54) is 4.57 Å². The monoisotopic (exact) mass is 722 g/mol. The van der Waals surface area contributed by atoms with Crippen LogP contribution in [-0.4, -0.2) is 47.4 Å². The van der Waals surface area contributed by atoms with Gasteiger partial charge in [0.25, 0.3) is 0 Å². The van der Waals surface area contributed by atoms with Crippen LogP contribution in [0.2, 0.25) is 0 Å². The van der Waals surface area contributed by atoms with Crippen LogP contribution in [0.1, 0.15) is 86.5 Å². The predicted octanol–water partition coefficient (Wildman–Crippen LogP) is 8.45. The summed E-state index contributed by atoms with van der Waals surface area (Å²) < 4.78 is 55.1. The van der Waals surface area contributed by atoms with Gasteiger partial charge in [0.05, 0.1) is 6.61 Å². The Balaban J connectivity index is 1.30. The number of aryl methyl sites for hydroxylation is 1. The molecule has 0 unspecified atom stereocenters. The molecule has 9 nitrogen and oxygen atoms in total. The number of rotatable bonds is 13. The number of carbonyl (C=O) groups is 1. The fourth-order valence-electron chi connectivity index (χ4n) is 6.99. The summed E-state index contributed by atoms with van der Waals surface area (Å²) in [4.78, 5) is 19.6. The van der Waals surface area contributed by atoms with E-state index in [0.29, 0.717) is 17.8 Å². The molecule has 0 aliphatic rings. The Labute approximate surface area is 324 Å². The van der Waals surface area contributed by atoms with Crippen LogP contribution in [0.5, 0.6) is 0 Å². The summed E-state index contributed by atoms with van der Waals surface area (Å²) in [5.74, 6) is -0.341. The first-order valence-corrected chi connectivity index (χ1v) is 17.9. The van der Waals surface area contributed by atoms with E-state index in [2.05, 4.69) is 46.5 Å². The van der Waals surface area contributed by atoms with E-state index in [-0.39, 0.29) is 25.4 Å². The van der Waals surface area contributed by atoms with Crippen molar-refractivity contribution < 1.29 is 22.9 Å². The summed E-state index contributed by atoms with van der Waals surface area (Å²) in [7, 11) is 0. The van der Waals surface area contributed by atoms with E-state index >= 15 is 0 Å². The zero-order chi connectivity index (χ0) is 42.7. The Morgan fingerprint density at radius 2 is 1.31 bits per heavy atom. The molecule has 0 aliphatic heterocycles. The summed E-state index contributed by atoms with van der Waals surface area (Å²) >= 11 is 0. The smallest absolute Gasteiger partial charge is 0.357 e. The highest BCUT2D eigenvalue weighted by atomic mass is 16.5. The molecule has 7 aromatic rings. The largest absolute Gasteiger partial charge is 0.461 e. The van der Waals surface area contributed by atoms with Gasteiger partial charge in [-0.15, -0.1) is 15.0 Å². The number of hydrogen-bond acceptors (Lipinski definition) is 7. The molecule has 2 aromatic heterocycles. The van der Waals surface area contributed by atoms with Crippen molar-refractivity contribution >= 4 is 5.97 Å². The van der Waals surface area contributed by atoms with Gasteiger partial charge in [0.1, 0.15) is 17.1 Å². The maximum atomic E-state index is 13.5. The average Bonchev–Trinajstić information content (AvgIpc) is 3.88. The van der Waals surface area contributed by atoms with Gasteiger partial charge >= 0.3 is 5.97 Å². The molecule has 0 radical (unpaired) electrons. The van der Waals surface area contributed by atoms with Crippen molar-refractivity contribution in [3.05, 3.63) is 179 Å². The summed E-state index contributed by atoms with van der Waals surface area (Å²) in [6.07, 6.45) is 0.806. The highest BCUT2D eigenvalue weighted by Gasteiger charge is 2.41. The fourth-order valence-corrected chi connectivity index (χ4v) is 6.99. The third kappa shape index (κ3) is 6.86. The van der Waals surface area contributed by atoms with Gasteiger partial charge < -0.3 is 14.4 Å². The number of tetrazole rings is 1. The topological polar surface area (TPSA) is 108 Å². The van der Waals surface area contributed by atoms with Crippen molar-refractivity contribution in [3.8, 4) is 22.5 Å². The normalized spacial score (nSPS) is 13.9. The van der Waals surface area contributed by atoms with Crippen molar-refractivity contribution in [2.24, 2.45) is 0 Å². The third-order valence-electron chi connectivity index (χ3n) is 9.39. The first kappa shape index (κ1) is 29.3. The van der Waals surface area contributed by atoms with Crippen molar-refractivity contribution in [2.75, 3.05) is 6.61 Å². The highest BCUT2D eigenvalue weighted by Crippen LogP contribution is 2.40. The van der Waals surface area contributed by atoms with E-state index in [1.807, 2.05) is 110 Å². The van der Waals surface area contributed by atoms with Crippen molar-refractivity contribution in [2.45, 2.75) is 58.1 Å². The number of aliphatic hydroxyl groups is 1. The summed E-state index contributed by atoms with van der Waals surface area (Å²) in [6, 6.07) is 45.5. The Bertz CT molecular complexity index is 2450. The van der Waals surface area contributed by atoms with Crippen LogP contribution >= 0.6 is 0 Å². The minimum absolute atomic E-state index is 0.00686. The Morgan fingerprint density at radius 1 is 0.759 bits per heavy atom. The standard InChI is InChI=1S/C45H44N6O3/c1-5-18-39-46-41(44(3,4)53)40(43(52)54-6-2)50(39)31-32-27-29-33(30-28-32)37-25-16-17-26-38(37)42-47-49-51(48-42)45(34-19-10-7-11-20-34,35-21-12-8-13-22-35)36-23-14-9-15-24-36/h7-17,19-30,53H,5-6,18,31H2,1-4H3/i3D3,4D3. The van der Waals surface area contributed by atoms with Crippen LogP contribution in [0.4, 0.5) is 0 Å². The molecule has 0 bridgehead atoms. The van der Waals surface area contributed by atoms with Gasteiger partial charge in [0, 0.05) is 26.8 Å². The summed E-state index contributed by atoms with van der Waals surface area (Å²) in [5, 5.41) is 26.0. The maximum Gasteiger partial charge on any atom is 0.357 e. The molecule has 0 amide bonds. The number of carbonyl (C=O) groups excluding carboxylic acids is 1. The lowest BCUT2D eigenvalue weighted by Crippen LogP contribution is -2.39. The quantitative estimate of drug-likeness (QED) is 0.0940. The van der Waals surface area contributed by atoms with Gasteiger partial charge in [0.15, 0.2) is 11.2 Å². The predicted molar refractivity (Wildman–Crippen MR) is 210 cm³/mol.